The Morgan fingerprint density at radius 2 is 1.82 bits per heavy atom. The molecule has 0 fully saturated rings. The molecule has 7 N–H and O–H groups in total. The fourth-order valence-electron chi connectivity index (χ4n) is 7.80. The van der Waals surface area contributed by atoms with E-state index in [2.05, 4.69) is 10.6 Å². The largest absolute Gasteiger partial charge is 0.508 e. The standard InChI is InChI=1S/C41H44N2O8/c1-50-38-22-27(21-37(48)40(38)49)25-4-9-31-29-10-8-28(44)19-26(29)5-11-33(31)43-39-18-23(14-15-42-39)17-32(36(47)20-25)34(45)12-6-24-7-13-35(46)41-30(24)3-2-16-51-41/h5,7-8,10-11,13-14,18-19,21-22,25,32,34,42-46,48-49H,2-4,6,9,12,15-17,20H2,1H3/t25-,32+,34-/m1/s1. The van der Waals surface area contributed by atoms with Crippen LogP contribution in [-0.2, 0) is 24.1 Å². The van der Waals surface area contributed by atoms with Gasteiger partial charge in [-0.05, 0) is 126 Å². The Labute approximate surface area is 296 Å². The third kappa shape index (κ3) is 7.14. The summed E-state index contributed by atoms with van der Waals surface area (Å²) in [6.45, 7) is 1.10. The van der Waals surface area contributed by atoms with E-state index in [4.69, 9.17) is 9.47 Å². The van der Waals surface area contributed by atoms with Crippen LogP contribution in [0.25, 0.3) is 10.8 Å². The summed E-state index contributed by atoms with van der Waals surface area (Å²) in [4.78, 5) is 14.5. The van der Waals surface area contributed by atoms with Gasteiger partial charge in [0, 0.05) is 30.1 Å². The number of anilines is 1. The molecule has 0 spiro atoms. The number of aliphatic hydroxyl groups is 1. The Kier molecular flexibility index (Phi) is 9.69. The topological polar surface area (TPSA) is 161 Å². The number of aliphatic hydroxyl groups excluding tert-OH is 1. The first kappa shape index (κ1) is 34.1. The van der Waals surface area contributed by atoms with Crippen LogP contribution < -0.4 is 20.1 Å². The lowest BCUT2D eigenvalue weighted by atomic mass is 9.80. The monoisotopic (exact) mass is 692 g/mol. The SMILES string of the molecule is COc1cc([C@@H]2CCc3c(ccc4cc(O)ccc34)NC3=CC(=CCN3)C[C@@H]([C@H](O)CCc3ccc(O)c4c3CCCO4)C(=O)C2)cc(O)c1O. The van der Waals surface area contributed by atoms with Crippen LogP contribution in [-0.4, -0.2) is 57.7 Å². The van der Waals surface area contributed by atoms with Gasteiger partial charge in [-0.3, -0.25) is 4.79 Å². The minimum Gasteiger partial charge on any atom is -0.508 e. The summed E-state index contributed by atoms with van der Waals surface area (Å²) in [7, 11) is 1.41. The molecule has 0 aliphatic carbocycles. The predicted molar refractivity (Wildman–Crippen MR) is 195 cm³/mol. The molecule has 0 aromatic heterocycles. The number of carbonyl (C=O) groups excluding carboxylic acids is 1. The number of ketones is 1. The molecule has 0 radical (unpaired) electrons. The number of ether oxygens (including phenoxy) is 2. The summed E-state index contributed by atoms with van der Waals surface area (Å²) >= 11 is 0. The molecule has 0 saturated heterocycles. The number of carbonyl (C=O) groups is 1. The summed E-state index contributed by atoms with van der Waals surface area (Å²) in [5, 5.41) is 62.3. The molecular formula is C41H44N2O8. The molecule has 3 aliphatic heterocycles. The van der Waals surface area contributed by atoms with Crippen LogP contribution in [0.3, 0.4) is 0 Å². The van der Waals surface area contributed by atoms with Gasteiger partial charge in [0.1, 0.15) is 17.4 Å². The number of fused-ring (bicyclic) bond motifs is 5. The van der Waals surface area contributed by atoms with E-state index in [-0.39, 0.29) is 41.0 Å². The van der Waals surface area contributed by atoms with Crippen molar-refractivity contribution < 1.29 is 39.8 Å². The molecule has 7 rings (SSSR count). The van der Waals surface area contributed by atoms with Gasteiger partial charge < -0.3 is 45.6 Å². The number of phenolic OH excluding ortho intramolecular Hbond substituents is 4. The molecule has 10 heteroatoms. The van der Waals surface area contributed by atoms with Crippen molar-refractivity contribution in [3.63, 3.8) is 0 Å². The van der Waals surface area contributed by atoms with Crippen LogP contribution in [0, 0.1) is 5.92 Å². The minimum absolute atomic E-state index is 0.0912. The van der Waals surface area contributed by atoms with Crippen LogP contribution in [0.1, 0.15) is 60.3 Å². The second-order valence-corrected chi connectivity index (χ2v) is 13.8. The molecule has 4 aromatic carbocycles. The maximum atomic E-state index is 14.5. The number of benzene rings is 4. The summed E-state index contributed by atoms with van der Waals surface area (Å²) in [5.74, 6) is -0.212. The van der Waals surface area contributed by atoms with Crippen molar-refractivity contribution in [2.45, 2.75) is 63.4 Å². The van der Waals surface area contributed by atoms with E-state index in [0.717, 1.165) is 57.4 Å². The average Bonchev–Trinajstić information content (AvgIpc) is 3.14. The lowest BCUT2D eigenvalue weighted by Gasteiger charge is -2.27. The van der Waals surface area contributed by atoms with Crippen molar-refractivity contribution in [1.29, 1.82) is 0 Å². The molecule has 10 nitrogen and oxygen atoms in total. The first-order valence-electron chi connectivity index (χ1n) is 17.6. The Morgan fingerprint density at radius 1 is 0.961 bits per heavy atom. The second kappa shape index (κ2) is 14.5. The van der Waals surface area contributed by atoms with Crippen molar-refractivity contribution in [3.8, 4) is 34.5 Å². The number of aryl methyl sites for hydroxylation is 2. The number of Topliss-reactive ketones (excluding diaryl/α,β-unsaturated/α-hetero) is 1. The quantitative estimate of drug-likeness (QED) is 0.112. The smallest absolute Gasteiger partial charge is 0.200 e. The Bertz CT molecular complexity index is 2040. The average molecular weight is 693 g/mol. The summed E-state index contributed by atoms with van der Waals surface area (Å²) < 4.78 is 11.1. The zero-order valence-corrected chi connectivity index (χ0v) is 28.6. The lowest BCUT2D eigenvalue weighted by molar-refractivity contribution is -0.127. The molecule has 3 atom stereocenters. The fraction of sp³-hybridized carbons (Fsp3) is 0.341. The molecule has 0 saturated carbocycles. The van der Waals surface area contributed by atoms with E-state index >= 15 is 0 Å². The molecule has 51 heavy (non-hydrogen) atoms. The third-order valence-electron chi connectivity index (χ3n) is 10.5. The zero-order valence-electron chi connectivity index (χ0n) is 28.6. The Balaban J connectivity index is 1.25. The minimum atomic E-state index is -0.950. The first-order chi connectivity index (χ1) is 24.7. The summed E-state index contributed by atoms with van der Waals surface area (Å²) in [6.07, 6.45) is 7.05. The van der Waals surface area contributed by atoms with Crippen molar-refractivity contribution in [1.82, 2.24) is 5.32 Å². The van der Waals surface area contributed by atoms with Gasteiger partial charge in [0.15, 0.2) is 23.0 Å². The fourth-order valence-corrected chi connectivity index (χ4v) is 7.80. The number of hydrogen-bond donors (Lipinski definition) is 7. The number of nitrogens with one attached hydrogen (secondary N) is 2. The number of allylic oxidation sites excluding steroid dienone is 2. The van der Waals surface area contributed by atoms with E-state index in [1.807, 2.05) is 36.4 Å². The highest BCUT2D eigenvalue weighted by Crippen LogP contribution is 2.42. The molecule has 3 heterocycles. The van der Waals surface area contributed by atoms with Crippen molar-refractivity contribution in [2.75, 3.05) is 25.6 Å². The van der Waals surface area contributed by atoms with E-state index in [1.165, 1.54) is 13.2 Å². The van der Waals surface area contributed by atoms with Gasteiger partial charge in [-0.25, -0.2) is 0 Å². The predicted octanol–water partition coefficient (Wildman–Crippen LogP) is 6.47. The van der Waals surface area contributed by atoms with Crippen LogP contribution in [0.5, 0.6) is 34.5 Å². The van der Waals surface area contributed by atoms with E-state index < -0.39 is 17.9 Å². The van der Waals surface area contributed by atoms with Crippen LogP contribution in [0.2, 0.25) is 0 Å². The summed E-state index contributed by atoms with van der Waals surface area (Å²) in [5.41, 5.74) is 5.42. The van der Waals surface area contributed by atoms with Gasteiger partial charge in [0.2, 0.25) is 5.75 Å². The first-order valence-corrected chi connectivity index (χ1v) is 17.6. The normalized spacial score (nSPS) is 19.7. The number of phenols is 4. The van der Waals surface area contributed by atoms with Gasteiger partial charge >= 0.3 is 0 Å². The molecule has 4 aromatic rings. The number of methoxy groups -OCH3 is 1. The molecular weight excluding hydrogens is 648 g/mol. The molecule has 3 aliphatic rings. The highest BCUT2D eigenvalue weighted by molar-refractivity contribution is 5.91. The van der Waals surface area contributed by atoms with E-state index in [9.17, 15) is 30.3 Å². The molecule has 0 amide bonds. The third-order valence-corrected chi connectivity index (χ3v) is 10.5. The molecule has 2 bridgehead atoms. The van der Waals surface area contributed by atoms with Crippen molar-refractivity contribution >= 4 is 22.2 Å². The van der Waals surface area contributed by atoms with Crippen LogP contribution >= 0.6 is 0 Å². The van der Waals surface area contributed by atoms with Crippen molar-refractivity contribution in [3.05, 3.63) is 100 Å². The van der Waals surface area contributed by atoms with Gasteiger partial charge in [-0.1, -0.05) is 24.3 Å². The van der Waals surface area contributed by atoms with Gasteiger partial charge in [-0.15, -0.1) is 0 Å². The highest BCUT2D eigenvalue weighted by atomic mass is 16.5. The number of dihydropyridines is 1. The number of hydrogen-bond acceptors (Lipinski definition) is 10. The van der Waals surface area contributed by atoms with Gasteiger partial charge in [0.05, 0.1) is 19.8 Å². The lowest BCUT2D eigenvalue weighted by Crippen LogP contribution is -2.31. The molecule has 0 unspecified atom stereocenters. The van der Waals surface area contributed by atoms with Crippen LogP contribution in [0.4, 0.5) is 5.69 Å². The van der Waals surface area contributed by atoms with E-state index in [1.54, 1.807) is 24.3 Å². The maximum absolute atomic E-state index is 14.5. The Hall–Kier alpha value is -5.35. The second-order valence-electron chi connectivity index (χ2n) is 13.8. The Morgan fingerprint density at radius 3 is 2.67 bits per heavy atom. The van der Waals surface area contributed by atoms with Gasteiger partial charge in [-0.2, -0.15) is 0 Å². The van der Waals surface area contributed by atoms with Crippen LogP contribution in [0.15, 0.2) is 78.1 Å². The zero-order chi connectivity index (χ0) is 35.6. The maximum Gasteiger partial charge on any atom is 0.200 e. The number of rotatable bonds is 6. The van der Waals surface area contributed by atoms with Gasteiger partial charge in [0.25, 0.3) is 0 Å². The highest BCUT2D eigenvalue weighted by Gasteiger charge is 2.32. The number of aromatic hydroxyl groups is 4. The molecule has 266 valence electrons. The van der Waals surface area contributed by atoms with Crippen molar-refractivity contribution in [2.24, 2.45) is 5.92 Å². The summed E-state index contributed by atoms with van der Waals surface area (Å²) in [6, 6.07) is 15.9. The van der Waals surface area contributed by atoms with E-state index in [0.29, 0.717) is 56.6 Å².